The van der Waals surface area contributed by atoms with Gasteiger partial charge >= 0.3 is 0 Å². The van der Waals surface area contributed by atoms with Crippen LogP contribution >= 0.6 is 0 Å². The van der Waals surface area contributed by atoms with Gasteiger partial charge in [-0.1, -0.05) is 18.2 Å². The minimum Gasteiger partial charge on any atom is -0.361 e. The summed E-state index contributed by atoms with van der Waals surface area (Å²) in [5, 5.41) is 17.2. The summed E-state index contributed by atoms with van der Waals surface area (Å²) in [6.45, 7) is 10.3. The lowest BCUT2D eigenvalue weighted by atomic mass is 10.1. The molecule has 2 N–H and O–H groups in total. The lowest BCUT2D eigenvalue weighted by molar-refractivity contribution is -0.121. The topological polar surface area (TPSA) is 99.8 Å². The molecule has 0 radical (unpaired) electrons. The molecule has 3 aromatic rings. The van der Waals surface area contributed by atoms with Gasteiger partial charge in [0, 0.05) is 48.5 Å². The molecule has 1 amide bonds. The molecule has 0 unspecified atom stereocenters. The number of nitrogens with zero attached hydrogens (tertiary/aromatic N) is 5. The molecule has 3 rings (SSSR count). The number of hydrogen-bond acceptors (Lipinski definition) is 5. The number of aryl methyl sites for hydroxylation is 1. The van der Waals surface area contributed by atoms with Crippen LogP contribution in [0.1, 0.15) is 49.7 Å². The average molecular weight is 474 g/mol. The Labute approximate surface area is 207 Å². The molecule has 0 aliphatic rings. The van der Waals surface area contributed by atoms with E-state index in [4.69, 9.17) is 0 Å². The number of rotatable bonds is 9. The zero-order valence-corrected chi connectivity index (χ0v) is 21.5. The molecule has 0 saturated carbocycles. The highest BCUT2D eigenvalue weighted by Crippen LogP contribution is 2.18. The second-order valence-electron chi connectivity index (χ2n) is 8.72. The number of benzene rings is 1. The minimum absolute atomic E-state index is 0.0410. The number of fused-ring (bicyclic) bond motifs is 1. The van der Waals surface area contributed by atoms with Gasteiger partial charge in [0.25, 0.3) is 0 Å². The normalized spacial score (nSPS) is 12.5. The molecule has 0 fully saturated rings. The molecule has 35 heavy (non-hydrogen) atoms. The van der Waals surface area contributed by atoms with Crippen LogP contribution in [0.5, 0.6) is 0 Å². The van der Waals surface area contributed by atoms with Crippen molar-refractivity contribution < 1.29 is 4.79 Å². The van der Waals surface area contributed by atoms with Gasteiger partial charge in [0.05, 0.1) is 11.4 Å². The maximum atomic E-state index is 12.5. The highest BCUT2D eigenvalue weighted by Gasteiger charge is 2.15. The van der Waals surface area contributed by atoms with Crippen molar-refractivity contribution in [3.63, 3.8) is 0 Å². The van der Waals surface area contributed by atoms with Gasteiger partial charge in [0.15, 0.2) is 0 Å². The van der Waals surface area contributed by atoms with E-state index in [2.05, 4.69) is 42.7 Å². The third-order valence-electron chi connectivity index (χ3n) is 5.76. The van der Waals surface area contributed by atoms with Crippen LogP contribution in [0.4, 0.5) is 0 Å². The van der Waals surface area contributed by atoms with Gasteiger partial charge in [0.1, 0.15) is 5.84 Å². The molecule has 1 aromatic carbocycles. The summed E-state index contributed by atoms with van der Waals surface area (Å²) in [7, 11) is 1.73. The fourth-order valence-corrected chi connectivity index (χ4v) is 3.91. The summed E-state index contributed by atoms with van der Waals surface area (Å²) < 4.78 is 1.82. The predicted molar refractivity (Wildman–Crippen MR) is 145 cm³/mol. The van der Waals surface area contributed by atoms with Gasteiger partial charge in [-0.2, -0.15) is 15.3 Å². The van der Waals surface area contributed by atoms with Crippen LogP contribution < -0.4 is 5.32 Å². The molecular weight excluding hydrogens is 438 g/mol. The molecule has 8 nitrogen and oxygen atoms in total. The Morgan fingerprint density at radius 3 is 2.63 bits per heavy atom. The van der Waals surface area contributed by atoms with Crippen molar-refractivity contribution in [1.82, 2.24) is 20.1 Å². The van der Waals surface area contributed by atoms with E-state index in [1.807, 2.05) is 69.8 Å². The minimum atomic E-state index is 0.0410. The summed E-state index contributed by atoms with van der Waals surface area (Å²) >= 11 is 0. The number of H-pyrrole nitrogens is 1. The first-order valence-corrected chi connectivity index (χ1v) is 11.9. The molecule has 0 spiro atoms. The first kappa shape index (κ1) is 25.8. The molecule has 0 aliphatic carbocycles. The highest BCUT2D eigenvalue weighted by molar-refractivity contribution is 6.02. The van der Waals surface area contributed by atoms with Gasteiger partial charge < -0.3 is 10.3 Å². The second kappa shape index (κ2) is 12.1. The lowest BCUT2D eigenvalue weighted by Gasteiger charge is -2.07. The maximum Gasteiger partial charge on any atom is 0.220 e. The van der Waals surface area contributed by atoms with Crippen LogP contribution in [0.15, 0.2) is 57.8 Å². The number of allylic oxidation sites excluding steroid dienone is 2. The van der Waals surface area contributed by atoms with Gasteiger partial charge in [-0.05, 0) is 76.8 Å². The first-order valence-electron chi connectivity index (χ1n) is 11.9. The van der Waals surface area contributed by atoms with Gasteiger partial charge in [-0.25, -0.2) is 4.68 Å². The number of amides is 1. The molecule has 184 valence electrons. The van der Waals surface area contributed by atoms with E-state index in [0.29, 0.717) is 25.2 Å². The van der Waals surface area contributed by atoms with Crippen molar-refractivity contribution in [1.29, 1.82) is 0 Å². The van der Waals surface area contributed by atoms with Crippen molar-refractivity contribution in [3.8, 4) is 0 Å². The molecule has 2 heterocycles. The van der Waals surface area contributed by atoms with E-state index in [0.717, 1.165) is 40.3 Å². The second-order valence-corrected chi connectivity index (χ2v) is 8.72. The Morgan fingerprint density at radius 2 is 1.89 bits per heavy atom. The molecule has 0 bridgehead atoms. The zero-order valence-electron chi connectivity index (χ0n) is 21.5. The molecule has 2 aromatic heterocycles. The Morgan fingerprint density at radius 1 is 1.11 bits per heavy atom. The van der Waals surface area contributed by atoms with E-state index in [1.165, 1.54) is 10.9 Å². The summed E-state index contributed by atoms with van der Waals surface area (Å²) in [4.78, 5) is 20.2. The number of hydrogen-bond donors (Lipinski definition) is 2. The maximum absolute atomic E-state index is 12.5. The Balaban J connectivity index is 1.57. The highest BCUT2D eigenvalue weighted by atomic mass is 16.1. The molecule has 8 heteroatoms. The van der Waals surface area contributed by atoms with Crippen molar-refractivity contribution in [2.24, 2.45) is 15.2 Å². The Bertz CT molecular complexity index is 1300. The fraction of sp³-hybridized carbons (Fsp3) is 0.370. The number of carbonyl (C=O) groups excluding carboxylic acids is 1. The van der Waals surface area contributed by atoms with E-state index in [9.17, 15) is 4.79 Å². The van der Waals surface area contributed by atoms with E-state index in [1.54, 1.807) is 7.05 Å². The summed E-state index contributed by atoms with van der Waals surface area (Å²) in [5.41, 5.74) is 6.96. The molecule has 0 aliphatic heterocycles. The van der Waals surface area contributed by atoms with Crippen LogP contribution in [0.2, 0.25) is 0 Å². The van der Waals surface area contributed by atoms with Crippen molar-refractivity contribution in [2.75, 3.05) is 13.6 Å². The summed E-state index contributed by atoms with van der Waals surface area (Å²) in [6.07, 6.45) is 7.59. The zero-order chi connectivity index (χ0) is 25.4. The van der Waals surface area contributed by atoms with Crippen molar-refractivity contribution in [3.05, 3.63) is 65.1 Å². The fourth-order valence-electron chi connectivity index (χ4n) is 3.91. The predicted octanol–water partition coefficient (Wildman–Crippen LogP) is 4.56. The monoisotopic (exact) mass is 473 g/mol. The number of aromatic nitrogens is 3. The van der Waals surface area contributed by atoms with E-state index >= 15 is 0 Å². The van der Waals surface area contributed by atoms with Crippen LogP contribution in [0.25, 0.3) is 10.9 Å². The van der Waals surface area contributed by atoms with Crippen molar-refractivity contribution in [2.45, 2.75) is 53.9 Å². The number of aromatic amines is 1. The number of para-hydroxylation sites is 1. The van der Waals surface area contributed by atoms with Crippen molar-refractivity contribution >= 4 is 34.1 Å². The Kier molecular flexibility index (Phi) is 8.89. The summed E-state index contributed by atoms with van der Waals surface area (Å²) in [5.74, 6) is 0.742. The molecule has 0 atom stereocenters. The third-order valence-corrected chi connectivity index (χ3v) is 5.76. The average Bonchev–Trinajstić information content (AvgIpc) is 3.37. The smallest absolute Gasteiger partial charge is 0.220 e. The van der Waals surface area contributed by atoms with Gasteiger partial charge in [0.2, 0.25) is 5.91 Å². The third kappa shape index (κ3) is 6.85. The SMILES string of the molecule is C\N=C(/C=C\C(C)=N\N=C(C)C)n1nc(C)c(CCC(=O)NCCc2c[nH]c3ccccc23)c1C. The number of nitrogens with one attached hydrogen (secondary N) is 2. The molecule has 0 saturated heterocycles. The Hall–Kier alpha value is -3.81. The number of aliphatic imine (C=N–C) groups is 1. The van der Waals surface area contributed by atoms with E-state index < -0.39 is 0 Å². The van der Waals surface area contributed by atoms with Crippen LogP contribution in [-0.4, -0.2) is 51.5 Å². The largest absolute Gasteiger partial charge is 0.361 e. The first-order chi connectivity index (χ1) is 16.8. The van der Waals surface area contributed by atoms with Gasteiger partial charge in [-0.15, -0.1) is 0 Å². The van der Waals surface area contributed by atoms with Crippen LogP contribution in [-0.2, 0) is 17.6 Å². The van der Waals surface area contributed by atoms with Crippen LogP contribution in [0.3, 0.4) is 0 Å². The van der Waals surface area contributed by atoms with E-state index in [-0.39, 0.29) is 5.91 Å². The quantitative estimate of drug-likeness (QED) is 0.270. The summed E-state index contributed by atoms with van der Waals surface area (Å²) in [6, 6.07) is 8.21. The standard InChI is InChI=1S/C27H35N7O/c1-18(2)31-32-19(3)11-13-26(28-6)34-21(5)23(20(4)33-34)12-14-27(35)29-16-15-22-17-30-25-10-8-7-9-24(22)25/h7-11,13,17,30H,12,14-16H2,1-6H3,(H,29,35)/b13-11-,28-26+,32-19+. The van der Waals surface area contributed by atoms with Gasteiger partial charge in [-0.3, -0.25) is 9.79 Å². The van der Waals surface area contributed by atoms with Crippen LogP contribution in [0, 0.1) is 13.8 Å². The number of carbonyl (C=O) groups is 1. The lowest BCUT2D eigenvalue weighted by Crippen LogP contribution is -2.26. The molecular formula is C27H35N7O.